The SMILES string of the molecule is CCc1cc(CC(C)(C)C(=O)O)c(OC)cc1F. The minimum atomic E-state index is -0.907. The van der Waals surface area contributed by atoms with Gasteiger partial charge < -0.3 is 9.84 Å². The quantitative estimate of drug-likeness (QED) is 0.878. The Hall–Kier alpha value is -1.58. The zero-order valence-electron chi connectivity index (χ0n) is 11.2. The molecule has 0 fully saturated rings. The molecule has 0 aliphatic carbocycles. The summed E-state index contributed by atoms with van der Waals surface area (Å²) in [6.45, 7) is 5.14. The van der Waals surface area contributed by atoms with Crippen molar-refractivity contribution in [2.75, 3.05) is 7.11 Å². The number of aliphatic carboxylic acids is 1. The summed E-state index contributed by atoms with van der Waals surface area (Å²) in [5, 5.41) is 9.13. The summed E-state index contributed by atoms with van der Waals surface area (Å²) < 4.78 is 18.7. The van der Waals surface area contributed by atoms with E-state index in [0.29, 0.717) is 24.2 Å². The van der Waals surface area contributed by atoms with E-state index in [1.165, 1.54) is 13.2 Å². The van der Waals surface area contributed by atoms with Gasteiger partial charge in [-0.1, -0.05) is 6.92 Å². The van der Waals surface area contributed by atoms with Crippen molar-refractivity contribution in [3.63, 3.8) is 0 Å². The van der Waals surface area contributed by atoms with Crippen molar-refractivity contribution in [1.82, 2.24) is 0 Å². The first-order valence-electron chi connectivity index (χ1n) is 5.90. The monoisotopic (exact) mass is 254 g/mol. The summed E-state index contributed by atoms with van der Waals surface area (Å²) in [6.07, 6.45) is 0.870. The number of hydrogen-bond donors (Lipinski definition) is 1. The highest BCUT2D eigenvalue weighted by Gasteiger charge is 2.29. The Balaban J connectivity index is 3.18. The maximum absolute atomic E-state index is 13.6. The maximum atomic E-state index is 13.6. The van der Waals surface area contributed by atoms with E-state index in [1.54, 1.807) is 19.9 Å². The largest absolute Gasteiger partial charge is 0.496 e. The Morgan fingerprint density at radius 3 is 2.44 bits per heavy atom. The smallest absolute Gasteiger partial charge is 0.309 e. The van der Waals surface area contributed by atoms with Crippen LogP contribution in [0.3, 0.4) is 0 Å². The number of carboxylic acid groups (broad SMARTS) is 1. The normalized spacial score (nSPS) is 11.4. The molecule has 0 radical (unpaired) electrons. The summed E-state index contributed by atoms with van der Waals surface area (Å²) in [5.41, 5.74) is 0.394. The Morgan fingerprint density at radius 1 is 1.39 bits per heavy atom. The molecule has 0 spiro atoms. The average molecular weight is 254 g/mol. The molecule has 0 bridgehead atoms. The standard InChI is InChI=1S/C14H19FO3/c1-5-9-6-10(8-14(2,3)13(16)17)12(18-4)7-11(9)15/h6-7H,5,8H2,1-4H3,(H,16,17). The van der Waals surface area contributed by atoms with E-state index in [9.17, 15) is 9.18 Å². The van der Waals surface area contributed by atoms with Crippen LogP contribution >= 0.6 is 0 Å². The van der Waals surface area contributed by atoms with Gasteiger partial charge in [0.05, 0.1) is 12.5 Å². The summed E-state index contributed by atoms with van der Waals surface area (Å²) in [5.74, 6) is -0.794. The van der Waals surface area contributed by atoms with Gasteiger partial charge in [0, 0.05) is 6.07 Å². The van der Waals surface area contributed by atoms with Gasteiger partial charge in [-0.05, 0) is 43.9 Å². The van der Waals surface area contributed by atoms with Crippen LogP contribution in [-0.4, -0.2) is 18.2 Å². The fourth-order valence-electron chi connectivity index (χ4n) is 1.80. The zero-order valence-corrected chi connectivity index (χ0v) is 11.2. The number of benzene rings is 1. The molecule has 18 heavy (non-hydrogen) atoms. The van der Waals surface area contributed by atoms with Crippen molar-refractivity contribution in [2.45, 2.75) is 33.6 Å². The van der Waals surface area contributed by atoms with Crippen LogP contribution in [0.25, 0.3) is 0 Å². The molecule has 1 rings (SSSR count). The van der Waals surface area contributed by atoms with Crippen LogP contribution in [0.15, 0.2) is 12.1 Å². The molecule has 3 nitrogen and oxygen atoms in total. The Morgan fingerprint density at radius 2 is 2.00 bits per heavy atom. The van der Waals surface area contributed by atoms with Crippen molar-refractivity contribution >= 4 is 5.97 Å². The van der Waals surface area contributed by atoms with Crippen molar-refractivity contribution in [1.29, 1.82) is 0 Å². The Labute approximate surface area is 107 Å². The fraction of sp³-hybridized carbons (Fsp3) is 0.500. The molecular formula is C14H19FO3. The average Bonchev–Trinajstić information content (AvgIpc) is 2.30. The van der Waals surface area contributed by atoms with E-state index in [1.807, 2.05) is 6.92 Å². The third-order valence-electron chi connectivity index (χ3n) is 3.04. The number of aryl methyl sites for hydroxylation is 1. The molecule has 1 aromatic carbocycles. The third-order valence-corrected chi connectivity index (χ3v) is 3.04. The number of halogens is 1. The van der Waals surface area contributed by atoms with Crippen molar-refractivity contribution in [3.8, 4) is 5.75 Å². The first-order valence-corrected chi connectivity index (χ1v) is 5.90. The van der Waals surface area contributed by atoms with E-state index in [4.69, 9.17) is 9.84 Å². The number of ether oxygens (including phenoxy) is 1. The van der Waals surface area contributed by atoms with E-state index < -0.39 is 11.4 Å². The van der Waals surface area contributed by atoms with Gasteiger partial charge >= 0.3 is 5.97 Å². The zero-order chi connectivity index (χ0) is 13.9. The van der Waals surface area contributed by atoms with Crippen LogP contribution in [0.5, 0.6) is 5.75 Å². The molecular weight excluding hydrogens is 235 g/mol. The molecule has 1 N–H and O–H groups in total. The lowest BCUT2D eigenvalue weighted by atomic mass is 9.85. The second-order valence-electron chi connectivity index (χ2n) is 4.97. The first-order chi connectivity index (χ1) is 8.31. The van der Waals surface area contributed by atoms with Gasteiger partial charge in [0.2, 0.25) is 0 Å². The highest BCUT2D eigenvalue weighted by molar-refractivity contribution is 5.74. The lowest BCUT2D eigenvalue weighted by Crippen LogP contribution is -2.26. The molecule has 0 heterocycles. The maximum Gasteiger partial charge on any atom is 0.309 e. The van der Waals surface area contributed by atoms with Gasteiger partial charge in [-0.15, -0.1) is 0 Å². The lowest BCUT2D eigenvalue weighted by molar-refractivity contribution is -0.146. The predicted molar refractivity (Wildman–Crippen MR) is 67.5 cm³/mol. The lowest BCUT2D eigenvalue weighted by Gasteiger charge is -2.21. The van der Waals surface area contributed by atoms with Crippen molar-refractivity contribution in [3.05, 3.63) is 29.1 Å². The van der Waals surface area contributed by atoms with E-state index in [0.717, 1.165) is 5.56 Å². The highest BCUT2D eigenvalue weighted by Crippen LogP contribution is 2.30. The molecule has 0 saturated carbocycles. The summed E-state index contributed by atoms with van der Waals surface area (Å²) in [7, 11) is 1.46. The molecule has 0 amide bonds. The third kappa shape index (κ3) is 3.00. The molecule has 0 aliphatic rings. The molecule has 0 atom stereocenters. The van der Waals surface area contributed by atoms with Crippen molar-refractivity contribution in [2.24, 2.45) is 5.41 Å². The van der Waals surface area contributed by atoms with Gasteiger partial charge in [0.15, 0.2) is 0 Å². The number of carboxylic acids is 1. The highest BCUT2D eigenvalue weighted by atomic mass is 19.1. The van der Waals surface area contributed by atoms with Crippen LogP contribution < -0.4 is 4.74 Å². The second kappa shape index (κ2) is 5.38. The van der Waals surface area contributed by atoms with Crippen LogP contribution in [0, 0.1) is 11.2 Å². The Bertz CT molecular complexity index is 453. The van der Waals surface area contributed by atoms with Crippen LogP contribution in [-0.2, 0) is 17.6 Å². The van der Waals surface area contributed by atoms with Crippen LogP contribution in [0.4, 0.5) is 4.39 Å². The minimum Gasteiger partial charge on any atom is -0.496 e. The second-order valence-corrected chi connectivity index (χ2v) is 4.97. The minimum absolute atomic E-state index is 0.304. The molecule has 0 aliphatic heterocycles. The predicted octanol–water partition coefficient (Wildman–Crippen LogP) is 3.05. The molecule has 4 heteroatoms. The van der Waals surface area contributed by atoms with Gasteiger partial charge in [0.1, 0.15) is 11.6 Å². The van der Waals surface area contributed by atoms with Gasteiger partial charge in [-0.3, -0.25) is 4.79 Å². The number of hydrogen-bond acceptors (Lipinski definition) is 2. The summed E-state index contributed by atoms with van der Waals surface area (Å²) in [4.78, 5) is 11.1. The van der Waals surface area contributed by atoms with Crippen LogP contribution in [0.1, 0.15) is 31.9 Å². The fourth-order valence-corrected chi connectivity index (χ4v) is 1.80. The number of carbonyl (C=O) groups is 1. The van der Waals surface area contributed by atoms with E-state index in [-0.39, 0.29) is 5.82 Å². The summed E-state index contributed by atoms with van der Waals surface area (Å²) in [6, 6.07) is 3.02. The number of methoxy groups -OCH3 is 1. The molecule has 1 aromatic rings. The van der Waals surface area contributed by atoms with Crippen LogP contribution in [0.2, 0.25) is 0 Å². The molecule has 0 saturated heterocycles. The number of rotatable bonds is 5. The Kier molecular flexibility index (Phi) is 4.33. The van der Waals surface area contributed by atoms with Crippen molar-refractivity contribution < 1.29 is 19.0 Å². The molecule has 0 aromatic heterocycles. The van der Waals surface area contributed by atoms with E-state index in [2.05, 4.69) is 0 Å². The summed E-state index contributed by atoms with van der Waals surface area (Å²) >= 11 is 0. The first kappa shape index (κ1) is 14.5. The topological polar surface area (TPSA) is 46.5 Å². The molecule has 0 unspecified atom stereocenters. The molecule has 100 valence electrons. The van der Waals surface area contributed by atoms with E-state index >= 15 is 0 Å². The van der Waals surface area contributed by atoms with Gasteiger partial charge in [-0.25, -0.2) is 4.39 Å². The van der Waals surface area contributed by atoms with Gasteiger partial charge in [0.25, 0.3) is 0 Å². The van der Waals surface area contributed by atoms with Gasteiger partial charge in [-0.2, -0.15) is 0 Å².